The van der Waals surface area contributed by atoms with Gasteiger partial charge in [-0.25, -0.2) is 9.97 Å². The molecule has 0 bridgehead atoms. The molecule has 0 radical (unpaired) electrons. The van der Waals surface area contributed by atoms with Gasteiger partial charge >= 0.3 is 0 Å². The average Bonchev–Trinajstić information content (AvgIpc) is 2.70. The number of nitrogens with one attached hydrogen (secondary N) is 1. The number of anilines is 2. The zero-order chi connectivity index (χ0) is 12.4. The number of nitrogen functional groups attached to an aromatic ring is 1. The molecule has 8 heteroatoms. The number of halogens is 1. The van der Waals surface area contributed by atoms with Gasteiger partial charge in [-0.1, -0.05) is 16.8 Å². The Bertz CT molecular complexity index is 568. The standard InChI is InChI=1S/C9H8ClN5O2/c1-4-5(2-13-17-4)9(16)15-6-3-12-7(10)8(11)14-6/h2-3H,1H3,(H3,11,14,15,16). The molecule has 2 aromatic heterocycles. The number of nitrogens with two attached hydrogens (primary N) is 1. The molecule has 2 rings (SSSR count). The Morgan fingerprint density at radius 3 is 2.88 bits per heavy atom. The van der Waals surface area contributed by atoms with Gasteiger partial charge in [-0.3, -0.25) is 4.79 Å². The van der Waals surface area contributed by atoms with Crippen molar-refractivity contribution < 1.29 is 9.32 Å². The van der Waals surface area contributed by atoms with Crippen molar-refractivity contribution in [2.45, 2.75) is 6.92 Å². The van der Waals surface area contributed by atoms with Crippen LogP contribution in [0.4, 0.5) is 11.6 Å². The molecule has 0 saturated heterocycles. The minimum Gasteiger partial charge on any atom is -0.381 e. The first kappa shape index (κ1) is 11.3. The Morgan fingerprint density at radius 2 is 2.29 bits per heavy atom. The molecule has 0 aromatic carbocycles. The van der Waals surface area contributed by atoms with Crippen LogP contribution in [0.2, 0.25) is 5.15 Å². The van der Waals surface area contributed by atoms with Crippen molar-refractivity contribution in [2.75, 3.05) is 11.1 Å². The summed E-state index contributed by atoms with van der Waals surface area (Å²) in [5.41, 5.74) is 5.78. The lowest BCUT2D eigenvalue weighted by Gasteiger charge is -2.03. The van der Waals surface area contributed by atoms with Crippen molar-refractivity contribution in [1.82, 2.24) is 15.1 Å². The lowest BCUT2D eigenvalue weighted by Crippen LogP contribution is -2.14. The Labute approximate surface area is 101 Å². The minimum atomic E-state index is -0.403. The lowest BCUT2D eigenvalue weighted by atomic mass is 10.2. The monoisotopic (exact) mass is 253 g/mol. The van der Waals surface area contributed by atoms with E-state index in [1.54, 1.807) is 6.92 Å². The summed E-state index contributed by atoms with van der Waals surface area (Å²) in [6, 6.07) is 0. The van der Waals surface area contributed by atoms with Gasteiger partial charge in [0.1, 0.15) is 11.3 Å². The molecule has 0 unspecified atom stereocenters. The molecule has 3 N–H and O–H groups in total. The summed E-state index contributed by atoms with van der Waals surface area (Å²) >= 11 is 5.61. The first-order valence-corrected chi connectivity index (χ1v) is 4.96. The van der Waals surface area contributed by atoms with E-state index in [1.807, 2.05) is 0 Å². The van der Waals surface area contributed by atoms with E-state index in [0.717, 1.165) is 0 Å². The normalized spacial score (nSPS) is 10.2. The van der Waals surface area contributed by atoms with Crippen LogP contribution >= 0.6 is 11.6 Å². The number of hydrogen-bond acceptors (Lipinski definition) is 6. The van der Waals surface area contributed by atoms with Crippen molar-refractivity contribution in [3.63, 3.8) is 0 Å². The molecule has 0 saturated carbocycles. The zero-order valence-corrected chi connectivity index (χ0v) is 9.52. The van der Waals surface area contributed by atoms with Crippen LogP contribution in [0.3, 0.4) is 0 Å². The number of carbonyl (C=O) groups is 1. The number of amides is 1. The van der Waals surface area contributed by atoms with E-state index >= 15 is 0 Å². The smallest absolute Gasteiger partial charge is 0.262 e. The Kier molecular flexibility index (Phi) is 2.92. The van der Waals surface area contributed by atoms with Crippen molar-refractivity contribution >= 4 is 29.1 Å². The summed E-state index contributed by atoms with van der Waals surface area (Å²) in [4.78, 5) is 19.4. The maximum atomic E-state index is 11.7. The fraction of sp³-hybridized carbons (Fsp3) is 0.111. The maximum absolute atomic E-state index is 11.7. The van der Waals surface area contributed by atoms with Crippen LogP contribution in [0, 0.1) is 6.92 Å². The van der Waals surface area contributed by atoms with Gasteiger partial charge in [0.2, 0.25) is 0 Å². The van der Waals surface area contributed by atoms with E-state index in [0.29, 0.717) is 11.3 Å². The number of aromatic nitrogens is 3. The molecule has 88 valence electrons. The molecule has 0 atom stereocenters. The quantitative estimate of drug-likeness (QED) is 0.834. The third-order valence-electron chi connectivity index (χ3n) is 1.99. The predicted molar refractivity (Wildman–Crippen MR) is 60.6 cm³/mol. The van der Waals surface area contributed by atoms with Crippen LogP contribution in [0.15, 0.2) is 16.9 Å². The van der Waals surface area contributed by atoms with Crippen LogP contribution in [0.5, 0.6) is 0 Å². The molecule has 7 nitrogen and oxygen atoms in total. The summed E-state index contributed by atoms with van der Waals surface area (Å²) in [6.45, 7) is 1.63. The predicted octanol–water partition coefficient (Wildman–Crippen LogP) is 1.26. The molecule has 0 aliphatic carbocycles. The first-order chi connectivity index (χ1) is 8.08. The molecule has 0 spiro atoms. The molecule has 2 heterocycles. The summed E-state index contributed by atoms with van der Waals surface area (Å²) in [5.74, 6) is 0.265. The molecule has 2 aromatic rings. The van der Waals surface area contributed by atoms with E-state index < -0.39 is 5.91 Å². The fourth-order valence-corrected chi connectivity index (χ4v) is 1.24. The maximum Gasteiger partial charge on any atom is 0.262 e. The third-order valence-corrected chi connectivity index (χ3v) is 2.28. The van der Waals surface area contributed by atoms with E-state index in [-0.39, 0.29) is 16.8 Å². The second kappa shape index (κ2) is 4.38. The van der Waals surface area contributed by atoms with E-state index in [9.17, 15) is 4.79 Å². The van der Waals surface area contributed by atoms with Crippen LogP contribution in [-0.2, 0) is 0 Å². The largest absolute Gasteiger partial charge is 0.381 e. The van der Waals surface area contributed by atoms with Gasteiger partial charge in [0, 0.05) is 0 Å². The summed E-state index contributed by atoms with van der Waals surface area (Å²) in [6.07, 6.45) is 2.62. The highest BCUT2D eigenvalue weighted by atomic mass is 35.5. The van der Waals surface area contributed by atoms with E-state index in [1.165, 1.54) is 12.4 Å². The fourth-order valence-electron chi connectivity index (χ4n) is 1.15. The number of hydrogen-bond donors (Lipinski definition) is 2. The Hall–Kier alpha value is -2.15. The van der Waals surface area contributed by atoms with E-state index in [2.05, 4.69) is 20.4 Å². The van der Waals surface area contributed by atoms with Crippen molar-refractivity contribution in [3.05, 3.63) is 28.9 Å². The van der Waals surface area contributed by atoms with Gasteiger partial charge in [0.15, 0.2) is 16.8 Å². The number of rotatable bonds is 2. The zero-order valence-electron chi connectivity index (χ0n) is 8.77. The molecule has 0 aliphatic rings. The lowest BCUT2D eigenvalue weighted by molar-refractivity contribution is 0.102. The summed E-state index contributed by atoms with van der Waals surface area (Å²) in [7, 11) is 0. The van der Waals surface area contributed by atoms with Crippen molar-refractivity contribution in [1.29, 1.82) is 0 Å². The van der Waals surface area contributed by atoms with Crippen molar-refractivity contribution in [3.8, 4) is 0 Å². The van der Waals surface area contributed by atoms with Crippen molar-refractivity contribution in [2.24, 2.45) is 0 Å². The Balaban J connectivity index is 2.19. The highest BCUT2D eigenvalue weighted by Crippen LogP contribution is 2.15. The molecule has 0 fully saturated rings. The van der Waals surface area contributed by atoms with Crippen LogP contribution in [0.25, 0.3) is 0 Å². The molecule has 1 amide bonds. The Morgan fingerprint density at radius 1 is 1.53 bits per heavy atom. The SMILES string of the molecule is Cc1oncc1C(=O)Nc1cnc(Cl)c(N)n1. The third kappa shape index (κ3) is 2.34. The van der Waals surface area contributed by atoms with Gasteiger partial charge in [0.25, 0.3) is 5.91 Å². The second-order valence-electron chi connectivity index (χ2n) is 3.18. The number of aryl methyl sites for hydroxylation is 1. The number of carbonyl (C=O) groups excluding carboxylic acids is 1. The van der Waals surface area contributed by atoms with Crippen LogP contribution in [-0.4, -0.2) is 21.0 Å². The van der Waals surface area contributed by atoms with Crippen LogP contribution < -0.4 is 11.1 Å². The van der Waals surface area contributed by atoms with Crippen LogP contribution in [0.1, 0.15) is 16.1 Å². The first-order valence-electron chi connectivity index (χ1n) is 4.58. The van der Waals surface area contributed by atoms with E-state index in [4.69, 9.17) is 21.9 Å². The summed E-state index contributed by atoms with van der Waals surface area (Å²) < 4.78 is 4.77. The minimum absolute atomic E-state index is 0.0477. The van der Waals surface area contributed by atoms with Gasteiger partial charge in [-0.15, -0.1) is 0 Å². The topological polar surface area (TPSA) is 107 Å². The second-order valence-corrected chi connectivity index (χ2v) is 3.54. The molecular weight excluding hydrogens is 246 g/mol. The van der Waals surface area contributed by atoms with Gasteiger partial charge in [0.05, 0.1) is 12.4 Å². The van der Waals surface area contributed by atoms with Gasteiger partial charge < -0.3 is 15.6 Å². The number of nitrogens with zero attached hydrogens (tertiary/aromatic N) is 3. The molecule has 17 heavy (non-hydrogen) atoms. The molecule has 0 aliphatic heterocycles. The van der Waals surface area contributed by atoms with Gasteiger partial charge in [-0.05, 0) is 6.92 Å². The molecular formula is C9H8ClN5O2. The average molecular weight is 254 g/mol. The summed E-state index contributed by atoms with van der Waals surface area (Å²) in [5, 5.41) is 6.09. The highest BCUT2D eigenvalue weighted by molar-refractivity contribution is 6.31. The highest BCUT2D eigenvalue weighted by Gasteiger charge is 2.14. The van der Waals surface area contributed by atoms with Gasteiger partial charge in [-0.2, -0.15) is 0 Å².